The minimum absolute atomic E-state index is 0.0229. The summed E-state index contributed by atoms with van der Waals surface area (Å²) in [5.74, 6) is -0.177. The van der Waals surface area contributed by atoms with Crippen molar-refractivity contribution in [3.05, 3.63) is 35.9 Å². The van der Waals surface area contributed by atoms with E-state index in [4.69, 9.17) is 0 Å². The first-order chi connectivity index (χ1) is 10.4. The van der Waals surface area contributed by atoms with Crippen LogP contribution in [0.4, 0.5) is 0 Å². The van der Waals surface area contributed by atoms with Crippen molar-refractivity contribution in [1.82, 2.24) is 9.62 Å². The number of rotatable bonds is 6. The molecule has 1 aromatic carbocycles. The molecular weight excluding hydrogens is 300 g/mol. The predicted octanol–water partition coefficient (Wildman–Crippen LogP) is 1.55. The molecule has 22 heavy (non-hydrogen) atoms. The fraction of sp³-hybridized carbons (Fsp3) is 0.562. The van der Waals surface area contributed by atoms with E-state index in [9.17, 15) is 13.2 Å². The second kappa shape index (κ2) is 7.24. The molecule has 1 aromatic rings. The minimum atomic E-state index is -3.32. The Morgan fingerprint density at radius 3 is 2.68 bits per heavy atom. The zero-order chi connectivity index (χ0) is 16.2. The van der Waals surface area contributed by atoms with Gasteiger partial charge in [-0.3, -0.25) is 4.79 Å². The molecule has 1 aliphatic heterocycles. The van der Waals surface area contributed by atoms with Crippen molar-refractivity contribution >= 4 is 15.9 Å². The maximum Gasteiger partial charge on any atom is 0.238 e. The van der Waals surface area contributed by atoms with Crippen LogP contribution in [0.25, 0.3) is 0 Å². The number of carbonyl (C=O) groups is 1. The molecule has 0 saturated carbocycles. The Bertz CT molecular complexity index is 601. The van der Waals surface area contributed by atoms with E-state index in [1.807, 2.05) is 25.1 Å². The molecule has 0 aromatic heterocycles. The Labute approximate surface area is 132 Å². The van der Waals surface area contributed by atoms with Gasteiger partial charge in [-0.1, -0.05) is 30.3 Å². The van der Waals surface area contributed by atoms with Crippen molar-refractivity contribution in [2.75, 3.05) is 12.8 Å². The number of nitrogens with one attached hydrogen (secondary N) is 1. The van der Waals surface area contributed by atoms with Gasteiger partial charge in [-0.25, -0.2) is 8.42 Å². The molecule has 0 aliphatic carbocycles. The van der Waals surface area contributed by atoms with Gasteiger partial charge in [0.05, 0.1) is 6.26 Å². The van der Waals surface area contributed by atoms with Crippen LogP contribution in [0.1, 0.15) is 31.7 Å². The first-order valence-electron chi connectivity index (χ1n) is 7.69. The fourth-order valence-corrected chi connectivity index (χ4v) is 3.96. The topological polar surface area (TPSA) is 66.5 Å². The summed E-state index contributed by atoms with van der Waals surface area (Å²) >= 11 is 0. The summed E-state index contributed by atoms with van der Waals surface area (Å²) in [6, 6.07) is 9.59. The molecule has 2 unspecified atom stereocenters. The third kappa shape index (κ3) is 4.55. The van der Waals surface area contributed by atoms with Gasteiger partial charge in [0.25, 0.3) is 0 Å². The number of amides is 1. The lowest BCUT2D eigenvalue weighted by Gasteiger charge is -2.23. The lowest BCUT2D eigenvalue weighted by atomic mass is 10.1. The molecule has 0 radical (unpaired) electrons. The number of hydrogen-bond donors (Lipinski definition) is 1. The van der Waals surface area contributed by atoms with Crippen molar-refractivity contribution in [1.29, 1.82) is 0 Å². The fourth-order valence-electron chi connectivity index (χ4n) is 2.84. The predicted molar refractivity (Wildman–Crippen MR) is 86.9 cm³/mol. The van der Waals surface area contributed by atoms with Gasteiger partial charge in [0.2, 0.25) is 15.9 Å². The van der Waals surface area contributed by atoms with Crippen LogP contribution in [-0.2, 0) is 21.2 Å². The third-order valence-electron chi connectivity index (χ3n) is 4.03. The number of benzene rings is 1. The first-order valence-corrected chi connectivity index (χ1v) is 9.54. The molecule has 5 nitrogen and oxygen atoms in total. The molecule has 1 N–H and O–H groups in total. The summed E-state index contributed by atoms with van der Waals surface area (Å²) in [5.41, 5.74) is 1.24. The van der Waals surface area contributed by atoms with Crippen LogP contribution in [-0.4, -0.2) is 43.5 Å². The van der Waals surface area contributed by atoms with Crippen LogP contribution in [0.5, 0.6) is 0 Å². The number of aryl methyl sites for hydroxylation is 1. The van der Waals surface area contributed by atoms with Crippen LogP contribution in [0.3, 0.4) is 0 Å². The molecular formula is C16H24N2O3S. The van der Waals surface area contributed by atoms with Crippen molar-refractivity contribution in [2.45, 2.75) is 44.7 Å². The Balaban J connectivity index is 1.86. The summed E-state index contributed by atoms with van der Waals surface area (Å²) in [5, 5.41) is 2.95. The highest BCUT2D eigenvalue weighted by Crippen LogP contribution is 2.20. The van der Waals surface area contributed by atoms with Crippen molar-refractivity contribution in [3.63, 3.8) is 0 Å². The maximum atomic E-state index is 12.3. The minimum Gasteiger partial charge on any atom is -0.352 e. The van der Waals surface area contributed by atoms with E-state index in [1.165, 1.54) is 9.87 Å². The molecule has 1 heterocycles. The second-order valence-corrected chi connectivity index (χ2v) is 7.90. The quantitative estimate of drug-likeness (QED) is 0.863. The van der Waals surface area contributed by atoms with Gasteiger partial charge in [0.1, 0.15) is 6.04 Å². The van der Waals surface area contributed by atoms with Gasteiger partial charge in [0, 0.05) is 12.6 Å². The van der Waals surface area contributed by atoms with Crippen LogP contribution in [0, 0.1) is 0 Å². The largest absolute Gasteiger partial charge is 0.352 e. The van der Waals surface area contributed by atoms with Crippen LogP contribution >= 0.6 is 0 Å². The van der Waals surface area contributed by atoms with Crippen LogP contribution < -0.4 is 5.32 Å². The lowest BCUT2D eigenvalue weighted by molar-refractivity contribution is -0.124. The van der Waals surface area contributed by atoms with E-state index in [-0.39, 0.29) is 11.9 Å². The van der Waals surface area contributed by atoms with Gasteiger partial charge in [-0.2, -0.15) is 4.31 Å². The van der Waals surface area contributed by atoms with Gasteiger partial charge in [-0.15, -0.1) is 0 Å². The maximum absolute atomic E-state index is 12.3. The van der Waals surface area contributed by atoms with Crippen LogP contribution in [0.2, 0.25) is 0 Å². The SMILES string of the molecule is CC(CCc1ccccc1)NC(=O)C1CCCN1S(C)(=O)=O. The number of hydrogen-bond acceptors (Lipinski definition) is 3. The number of carbonyl (C=O) groups excluding carboxylic acids is 1. The zero-order valence-electron chi connectivity index (χ0n) is 13.2. The van der Waals surface area contributed by atoms with Crippen molar-refractivity contribution in [2.24, 2.45) is 0 Å². The van der Waals surface area contributed by atoms with E-state index in [0.717, 1.165) is 25.5 Å². The molecule has 6 heteroatoms. The van der Waals surface area contributed by atoms with E-state index in [2.05, 4.69) is 17.4 Å². The van der Waals surface area contributed by atoms with Crippen molar-refractivity contribution < 1.29 is 13.2 Å². The second-order valence-electron chi connectivity index (χ2n) is 5.97. The molecule has 1 amide bonds. The highest BCUT2D eigenvalue weighted by molar-refractivity contribution is 7.88. The normalized spacial score (nSPS) is 20.7. The molecule has 2 atom stereocenters. The summed E-state index contributed by atoms with van der Waals surface area (Å²) in [6.45, 7) is 2.40. The summed E-state index contributed by atoms with van der Waals surface area (Å²) in [6.07, 6.45) is 4.23. The summed E-state index contributed by atoms with van der Waals surface area (Å²) < 4.78 is 24.7. The highest BCUT2D eigenvalue weighted by atomic mass is 32.2. The van der Waals surface area contributed by atoms with Gasteiger partial charge in [0.15, 0.2) is 0 Å². The summed E-state index contributed by atoms with van der Waals surface area (Å²) in [4.78, 5) is 12.3. The van der Waals surface area contributed by atoms with Gasteiger partial charge in [-0.05, 0) is 38.2 Å². The lowest BCUT2D eigenvalue weighted by Crippen LogP contribution is -2.47. The van der Waals surface area contributed by atoms with E-state index in [0.29, 0.717) is 13.0 Å². The number of nitrogens with zero attached hydrogens (tertiary/aromatic N) is 1. The smallest absolute Gasteiger partial charge is 0.238 e. The van der Waals surface area contributed by atoms with E-state index in [1.54, 1.807) is 0 Å². The average Bonchev–Trinajstić information content (AvgIpc) is 2.96. The van der Waals surface area contributed by atoms with E-state index < -0.39 is 16.1 Å². The molecule has 1 saturated heterocycles. The van der Waals surface area contributed by atoms with Gasteiger partial charge >= 0.3 is 0 Å². The average molecular weight is 324 g/mol. The van der Waals surface area contributed by atoms with E-state index >= 15 is 0 Å². The Kier molecular flexibility index (Phi) is 5.58. The third-order valence-corrected chi connectivity index (χ3v) is 5.32. The molecule has 0 spiro atoms. The molecule has 122 valence electrons. The van der Waals surface area contributed by atoms with Crippen LogP contribution in [0.15, 0.2) is 30.3 Å². The van der Waals surface area contributed by atoms with Gasteiger partial charge < -0.3 is 5.32 Å². The molecule has 1 fully saturated rings. The Morgan fingerprint density at radius 1 is 1.36 bits per heavy atom. The van der Waals surface area contributed by atoms with Crippen molar-refractivity contribution in [3.8, 4) is 0 Å². The molecule has 0 bridgehead atoms. The zero-order valence-corrected chi connectivity index (χ0v) is 14.0. The Hall–Kier alpha value is -1.40. The molecule has 2 rings (SSSR count). The molecule has 1 aliphatic rings. The summed E-state index contributed by atoms with van der Waals surface area (Å²) in [7, 11) is -3.32. The highest BCUT2D eigenvalue weighted by Gasteiger charge is 2.36. The number of sulfonamides is 1. The Morgan fingerprint density at radius 2 is 2.05 bits per heavy atom. The monoisotopic (exact) mass is 324 g/mol. The standard InChI is InChI=1S/C16H24N2O3S/c1-13(10-11-14-7-4-3-5-8-14)17-16(19)15-9-6-12-18(15)22(2,20)21/h3-5,7-8,13,15H,6,9-12H2,1-2H3,(H,17,19). The first kappa shape index (κ1) is 17.0.